The first kappa shape index (κ1) is 13.1. The van der Waals surface area contributed by atoms with Crippen LogP contribution in [0.4, 0.5) is 5.95 Å². The molecule has 2 N–H and O–H groups in total. The molecular weight excluding hydrogens is 278 g/mol. The molecule has 0 unspecified atom stereocenters. The smallest absolute Gasteiger partial charge is 0.260 e. The highest BCUT2D eigenvalue weighted by Gasteiger charge is 2.23. The van der Waals surface area contributed by atoms with Gasteiger partial charge in [-0.05, 0) is 18.9 Å². The minimum atomic E-state index is -0.184. The molecule has 0 bridgehead atoms. The van der Waals surface area contributed by atoms with Crippen LogP contribution < -0.4 is 5.32 Å². The van der Waals surface area contributed by atoms with E-state index in [0.29, 0.717) is 17.4 Å². The molecule has 0 spiro atoms. The fraction of sp³-hybridized carbons (Fsp3) is 0.312. The molecule has 1 aliphatic carbocycles. The summed E-state index contributed by atoms with van der Waals surface area (Å²) >= 11 is 0. The SMILES string of the molecule is Cn1cc(C(=O)Nc2n[nH]c(C3CCC3)n2)c2ccccc21. The Kier molecular flexibility index (Phi) is 2.96. The van der Waals surface area contributed by atoms with E-state index in [4.69, 9.17) is 0 Å². The van der Waals surface area contributed by atoms with Crippen molar-refractivity contribution in [3.8, 4) is 0 Å². The average Bonchev–Trinajstić information content (AvgIpc) is 3.03. The van der Waals surface area contributed by atoms with Gasteiger partial charge in [0.15, 0.2) is 0 Å². The summed E-state index contributed by atoms with van der Waals surface area (Å²) in [5, 5.41) is 10.7. The zero-order valence-electron chi connectivity index (χ0n) is 12.3. The van der Waals surface area contributed by atoms with Crippen LogP contribution in [0.15, 0.2) is 30.5 Å². The molecule has 112 valence electrons. The predicted octanol–water partition coefficient (Wildman–Crippen LogP) is 2.82. The van der Waals surface area contributed by atoms with Crippen molar-refractivity contribution in [2.75, 3.05) is 5.32 Å². The Labute approximate surface area is 127 Å². The van der Waals surface area contributed by atoms with Gasteiger partial charge < -0.3 is 4.57 Å². The molecule has 3 aromatic rings. The van der Waals surface area contributed by atoms with Crippen molar-refractivity contribution in [1.82, 2.24) is 19.7 Å². The number of hydrogen-bond acceptors (Lipinski definition) is 3. The minimum Gasteiger partial charge on any atom is -0.350 e. The largest absolute Gasteiger partial charge is 0.350 e. The fourth-order valence-electron chi connectivity index (χ4n) is 2.89. The number of anilines is 1. The third-order valence-electron chi connectivity index (χ3n) is 4.36. The van der Waals surface area contributed by atoms with E-state index in [0.717, 1.165) is 29.6 Å². The Morgan fingerprint density at radius 1 is 1.36 bits per heavy atom. The molecule has 22 heavy (non-hydrogen) atoms. The van der Waals surface area contributed by atoms with Crippen molar-refractivity contribution in [1.29, 1.82) is 0 Å². The zero-order chi connectivity index (χ0) is 15.1. The number of para-hydroxylation sites is 1. The summed E-state index contributed by atoms with van der Waals surface area (Å²) in [7, 11) is 1.93. The van der Waals surface area contributed by atoms with Gasteiger partial charge in [-0.3, -0.25) is 15.2 Å². The molecule has 4 rings (SSSR count). The number of nitrogens with zero attached hydrogens (tertiary/aromatic N) is 3. The summed E-state index contributed by atoms with van der Waals surface area (Å²) in [5.41, 5.74) is 1.66. The van der Waals surface area contributed by atoms with Gasteiger partial charge in [0.05, 0.1) is 5.56 Å². The monoisotopic (exact) mass is 295 g/mol. The molecule has 1 saturated carbocycles. The first-order valence-electron chi connectivity index (χ1n) is 7.50. The lowest BCUT2D eigenvalue weighted by Crippen LogP contribution is -2.13. The number of nitrogens with one attached hydrogen (secondary N) is 2. The van der Waals surface area contributed by atoms with Gasteiger partial charge in [-0.15, -0.1) is 5.10 Å². The van der Waals surface area contributed by atoms with Crippen LogP contribution in [0.2, 0.25) is 0 Å². The minimum absolute atomic E-state index is 0.184. The van der Waals surface area contributed by atoms with Crippen LogP contribution in [0.5, 0.6) is 0 Å². The van der Waals surface area contributed by atoms with Gasteiger partial charge in [-0.2, -0.15) is 4.98 Å². The van der Waals surface area contributed by atoms with E-state index in [1.807, 2.05) is 42.1 Å². The van der Waals surface area contributed by atoms with Crippen molar-refractivity contribution in [3.63, 3.8) is 0 Å². The topological polar surface area (TPSA) is 75.6 Å². The van der Waals surface area contributed by atoms with Crippen LogP contribution in [0, 0.1) is 0 Å². The van der Waals surface area contributed by atoms with E-state index in [2.05, 4.69) is 20.5 Å². The van der Waals surface area contributed by atoms with Gasteiger partial charge in [0.1, 0.15) is 5.82 Å². The van der Waals surface area contributed by atoms with Gasteiger partial charge >= 0.3 is 0 Å². The number of aromatic nitrogens is 4. The second kappa shape index (κ2) is 4.98. The quantitative estimate of drug-likeness (QED) is 0.780. The molecule has 6 nitrogen and oxygen atoms in total. The van der Waals surface area contributed by atoms with Crippen LogP contribution >= 0.6 is 0 Å². The summed E-state index contributed by atoms with van der Waals surface area (Å²) in [6.07, 6.45) is 5.36. The van der Waals surface area contributed by atoms with E-state index in [-0.39, 0.29) is 5.91 Å². The molecule has 0 atom stereocenters. The van der Waals surface area contributed by atoms with Gasteiger partial charge in [0, 0.05) is 30.1 Å². The maximum Gasteiger partial charge on any atom is 0.260 e. The number of carbonyl (C=O) groups excluding carboxylic acids is 1. The van der Waals surface area contributed by atoms with Crippen molar-refractivity contribution < 1.29 is 4.79 Å². The standard InChI is InChI=1S/C16H17N5O/c1-21-9-12(11-7-2-3-8-13(11)21)15(22)18-16-17-14(19-20-16)10-5-4-6-10/h2-3,7-10H,4-6H2,1H3,(H2,17,18,19,20,22). The van der Waals surface area contributed by atoms with Gasteiger partial charge in [0.25, 0.3) is 5.91 Å². The number of aryl methyl sites for hydroxylation is 1. The lowest BCUT2D eigenvalue weighted by atomic mass is 9.85. The van der Waals surface area contributed by atoms with Crippen molar-refractivity contribution in [2.45, 2.75) is 25.2 Å². The highest BCUT2D eigenvalue weighted by atomic mass is 16.1. The number of H-pyrrole nitrogens is 1. The number of benzene rings is 1. The summed E-state index contributed by atoms with van der Waals surface area (Å²) in [6, 6.07) is 7.83. The molecular formula is C16H17N5O. The molecule has 0 aliphatic heterocycles. The molecule has 0 saturated heterocycles. The Morgan fingerprint density at radius 3 is 2.95 bits per heavy atom. The van der Waals surface area contributed by atoms with E-state index in [1.54, 1.807) is 0 Å². The molecule has 2 heterocycles. The molecule has 1 aliphatic rings. The van der Waals surface area contributed by atoms with Gasteiger partial charge in [-0.1, -0.05) is 24.6 Å². The second-order valence-corrected chi connectivity index (χ2v) is 5.80. The van der Waals surface area contributed by atoms with Crippen LogP contribution in [-0.2, 0) is 7.05 Å². The van der Waals surface area contributed by atoms with E-state index in [1.165, 1.54) is 6.42 Å². The van der Waals surface area contributed by atoms with Crippen LogP contribution in [-0.4, -0.2) is 25.7 Å². The van der Waals surface area contributed by atoms with Crippen LogP contribution in [0.3, 0.4) is 0 Å². The number of fused-ring (bicyclic) bond motifs is 1. The number of carbonyl (C=O) groups is 1. The van der Waals surface area contributed by atoms with Crippen molar-refractivity contribution >= 4 is 22.8 Å². The first-order chi connectivity index (χ1) is 10.7. The van der Waals surface area contributed by atoms with Crippen LogP contribution in [0.1, 0.15) is 41.4 Å². The lowest BCUT2D eigenvalue weighted by Gasteiger charge is -2.22. The number of hydrogen-bond donors (Lipinski definition) is 2. The normalized spacial score (nSPS) is 15.0. The fourth-order valence-corrected chi connectivity index (χ4v) is 2.89. The molecule has 1 aromatic carbocycles. The average molecular weight is 295 g/mol. The Hall–Kier alpha value is -2.63. The first-order valence-corrected chi connectivity index (χ1v) is 7.50. The maximum atomic E-state index is 12.5. The van der Waals surface area contributed by atoms with Crippen molar-refractivity contribution in [3.05, 3.63) is 41.9 Å². The Morgan fingerprint density at radius 2 is 2.18 bits per heavy atom. The van der Waals surface area contributed by atoms with Gasteiger partial charge in [0.2, 0.25) is 5.95 Å². The number of aromatic amines is 1. The predicted molar refractivity (Wildman–Crippen MR) is 83.8 cm³/mol. The molecule has 1 amide bonds. The highest BCUT2D eigenvalue weighted by Crippen LogP contribution is 2.34. The lowest BCUT2D eigenvalue weighted by molar-refractivity contribution is 0.102. The molecule has 6 heteroatoms. The molecule has 1 fully saturated rings. The summed E-state index contributed by atoms with van der Waals surface area (Å²) in [5.74, 6) is 1.51. The van der Waals surface area contributed by atoms with E-state index >= 15 is 0 Å². The van der Waals surface area contributed by atoms with Gasteiger partial charge in [-0.25, -0.2) is 0 Å². The Balaban J connectivity index is 1.59. The third-order valence-corrected chi connectivity index (χ3v) is 4.36. The molecule has 0 radical (unpaired) electrons. The second-order valence-electron chi connectivity index (χ2n) is 5.80. The number of rotatable bonds is 3. The maximum absolute atomic E-state index is 12.5. The molecule has 2 aromatic heterocycles. The van der Waals surface area contributed by atoms with Crippen LogP contribution in [0.25, 0.3) is 10.9 Å². The van der Waals surface area contributed by atoms with E-state index in [9.17, 15) is 4.79 Å². The number of amides is 1. The van der Waals surface area contributed by atoms with Crippen molar-refractivity contribution in [2.24, 2.45) is 7.05 Å². The summed E-state index contributed by atoms with van der Waals surface area (Å²) in [4.78, 5) is 16.9. The highest BCUT2D eigenvalue weighted by molar-refractivity contribution is 6.12. The van der Waals surface area contributed by atoms with E-state index < -0.39 is 0 Å². The summed E-state index contributed by atoms with van der Waals surface area (Å²) in [6.45, 7) is 0. The zero-order valence-corrected chi connectivity index (χ0v) is 12.3. The third kappa shape index (κ3) is 2.07. The Bertz CT molecular complexity index is 843. The summed E-state index contributed by atoms with van der Waals surface area (Å²) < 4.78 is 1.95.